The third-order valence-corrected chi connectivity index (χ3v) is 4.72. The Morgan fingerprint density at radius 3 is 2.52 bits per heavy atom. The molecule has 138 valence electrons. The Kier molecular flexibility index (Phi) is 7.07. The number of rotatable bonds is 6. The smallest absolute Gasteiger partial charge is 0.253 e. The molecular formula is C17H23Cl2N3O3. The molecule has 0 aromatic heterocycles. The maximum atomic E-state index is 12.1. The van der Waals surface area contributed by atoms with Crippen molar-refractivity contribution in [2.75, 3.05) is 39.4 Å². The number of carbonyl (C=O) groups is 2. The molecule has 1 aromatic carbocycles. The van der Waals surface area contributed by atoms with Gasteiger partial charge in [-0.3, -0.25) is 14.5 Å². The van der Waals surface area contributed by atoms with Gasteiger partial charge in [0.05, 0.1) is 30.3 Å². The van der Waals surface area contributed by atoms with E-state index in [2.05, 4.69) is 29.4 Å². The van der Waals surface area contributed by atoms with Crippen molar-refractivity contribution in [1.29, 1.82) is 0 Å². The van der Waals surface area contributed by atoms with Crippen molar-refractivity contribution in [2.45, 2.75) is 19.4 Å². The number of hydrogen-bond acceptors (Lipinski definition) is 4. The number of amides is 2. The minimum atomic E-state index is -0.413. The molecule has 1 heterocycles. The number of benzene rings is 1. The van der Waals surface area contributed by atoms with E-state index >= 15 is 0 Å². The fourth-order valence-electron chi connectivity index (χ4n) is 2.59. The minimum absolute atomic E-state index is 0.114. The zero-order chi connectivity index (χ0) is 18.4. The summed E-state index contributed by atoms with van der Waals surface area (Å²) in [5, 5.41) is 6.12. The lowest BCUT2D eigenvalue weighted by molar-refractivity contribution is -0.120. The molecule has 0 aliphatic carbocycles. The Balaban J connectivity index is 1.79. The van der Waals surface area contributed by atoms with E-state index in [1.54, 1.807) is 6.07 Å². The van der Waals surface area contributed by atoms with Crippen LogP contribution in [0.4, 0.5) is 0 Å². The van der Waals surface area contributed by atoms with E-state index < -0.39 is 5.91 Å². The van der Waals surface area contributed by atoms with Crippen LogP contribution in [0, 0.1) is 0 Å². The van der Waals surface area contributed by atoms with Gasteiger partial charge in [-0.25, -0.2) is 0 Å². The van der Waals surface area contributed by atoms with Crippen LogP contribution in [-0.2, 0) is 9.53 Å². The normalized spacial score (nSPS) is 15.7. The number of nitrogens with zero attached hydrogens (tertiary/aromatic N) is 1. The number of carbonyl (C=O) groups excluding carboxylic acids is 2. The summed E-state index contributed by atoms with van der Waals surface area (Å²) in [6, 6.07) is 4.59. The highest BCUT2D eigenvalue weighted by Crippen LogP contribution is 2.20. The fourth-order valence-corrected chi connectivity index (χ4v) is 3.08. The molecule has 2 amide bonds. The quantitative estimate of drug-likeness (QED) is 0.782. The van der Waals surface area contributed by atoms with Gasteiger partial charge in [-0.15, -0.1) is 0 Å². The lowest BCUT2D eigenvalue weighted by atomic mass is 10.0. The molecule has 0 spiro atoms. The zero-order valence-electron chi connectivity index (χ0n) is 14.4. The molecule has 1 aromatic rings. The van der Waals surface area contributed by atoms with E-state index in [4.69, 9.17) is 27.9 Å². The molecule has 2 rings (SSSR count). The van der Waals surface area contributed by atoms with Crippen LogP contribution < -0.4 is 10.6 Å². The van der Waals surface area contributed by atoms with Crippen molar-refractivity contribution in [3.05, 3.63) is 33.8 Å². The summed E-state index contributed by atoms with van der Waals surface area (Å²) in [6.07, 6.45) is 0. The monoisotopic (exact) mass is 387 g/mol. The standard InChI is InChI=1S/C17H23Cl2N3O3/c1-17(2,22-5-7-25-8-6-22)11-21-15(23)10-20-16(24)13-4-3-12(18)9-14(13)19/h3-4,9H,5-8,10-11H2,1-2H3,(H,20,24)(H,21,23). The molecule has 2 N–H and O–H groups in total. The molecule has 6 nitrogen and oxygen atoms in total. The molecule has 1 fully saturated rings. The molecule has 0 radical (unpaired) electrons. The molecule has 25 heavy (non-hydrogen) atoms. The van der Waals surface area contributed by atoms with Crippen LogP contribution in [0.1, 0.15) is 24.2 Å². The molecule has 1 saturated heterocycles. The predicted octanol–water partition coefficient (Wildman–Crippen LogP) is 1.95. The summed E-state index contributed by atoms with van der Waals surface area (Å²) in [4.78, 5) is 26.4. The highest BCUT2D eigenvalue weighted by atomic mass is 35.5. The van der Waals surface area contributed by atoms with Crippen molar-refractivity contribution in [3.8, 4) is 0 Å². The first-order valence-electron chi connectivity index (χ1n) is 8.12. The van der Waals surface area contributed by atoms with Gasteiger partial charge < -0.3 is 15.4 Å². The van der Waals surface area contributed by atoms with Crippen LogP contribution in [0.3, 0.4) is 0 Å². The second-order valence-corrected chi connectivity index (χ2v) is 7.34. The van der Waals surface area contributed by atoms with Crippen molar-refractivity contribution < 1.29 is 14.3 Å². The van der Waals surface area contributed by atoms with Crippen molar-refractivity contribution in [1.82, 2.24) is 15.5 Å². The average Bonchev–Trinajstić information content (AvgIpc) is 2.58. The second-order valence-electron chi connectivity index (χ2n) is 6.50. The number of nitrogens with one attached hydrogen (secondary N) is 2. The summed E-state index contributed by atoms with van der Waals surface area (Å²) >= 11 is 11.8. The van der Waals surface area contributed by atoms with Crippen molar-refractivity contribution in [2.24, 2.45) is 0 Å². The molecule has 0 saturated carbocycles. The van der Waals surface area contributed by atoms with Gasteiger partial charge in [0.15, 0.2) is 0 Å². The van der Waals surface area contributed by atoms with Gasteiger partial charge in [-0.05, 0) is 32.0 Å². The maximum absolute atomic E-state index is 12.1. The van der Waals surface area contributed by atoms with Gasteiger partial charge in [0.25, 0.3) is 5.91 Å². The molecular weight excluding hydrogens is 365 g/mol. The van der Waals surface area contributed by atoms with Crippen LogP contribution in [0.5, 0.6) is 0 Å². The van der Waals surface area contributed by atoms with Crippen molar-refractivity contribution in [3.63, 3.8) is 0 Å². The summed E-state index contributed by atoms with van der Waals surface area (Å²) in [7, 11) is 0. The van der Waals surface area contributed by atoms with Crippen LogP contribution in [0.25, 0.3) is 0 Å². The lowest BCUT2D eigenvalue weighted by Crippen LogP contribution is -2.56. The zero-order valence-corrected chi connectivity index (χ0v) is 15.9. The predicted molar refractivity (Wildman–Crippen MR) is 98.3 cm³/mol. The Labute approximate surface area is 157 Å². The maximum Gasteiger partial charge on any atom is 0.253 e. The van der Waals surface area contributed by atoms with Crippen LogP contribution in [0.15, 0.2) is 18.2 Å². The highest BCUT2D eigenvalue weighted by molar-refractivity contribution is 6.36. The molecule has 1 aliphatic heterocycles. The van der Waals surface area contributed by atoms with Crippen molar-refractivity contribution >= 4 is 35.0 Å². The Hall–Kier alpha value is -1.34. The Morgan fingerprint density at radius 1 is 1.20 bits per heavy atom. The second kappa shape index (κ2) is 8.85. The van der Waals surface area contributed by atoms with E-state index in [1.165, 1.54) is 12.1 Å². The largest absolute Gasteiger partial charge is 0.379 e. The van der Waals surface area contributed by atoms with E-state index in [-0.39, 0.29) is 28.6 Å². The van der Waals surface area contributed by atoms with E-state index in [0.717, 1.165) is 13.1 Å². The van der Waals surface area contributed by atoms with E-state index in [9.17, 15) is 9.59 Å². The Morgan fingerprint density at radius 2 is 1.88 bits per heavy atom. The van der Waals surface area contributed by atoms with Gasteiger partial charge >= 0.3 is 0 Å². The molecule has 0 unspecified atom stereocenters. The summed E-state index contributed by atoms with van der Waals surface area (Å²) in [6.45, 7) is 7.61. The van der Waals surface area contributed by atoms with E-state index in [0.29, 0.717) is 24.8 Å². The first-order valence-corrected chi connectivity index (χ1v) is 8.88. The number of halogens is 2. The summed E-state index contributed by atoms with van der Waals surface area (Å²) < 4.78 is 5.35. The first kappa shape index (κ1) is 20.0. The molecule has 8 heteroatoms. The van der Waals surface area contributed by atoms with Gasteiger partial charge in [0, 0.05) is 30.2 Å². The number of ether oxygens (including phenoxy) is 1. The van der Waals surface area contributed by atoms with Gasteiger partial charge in [0.2, 0.25) is 5.91 Å². The molecule has 0 atom stereocenters. The SMILES string of the molecule is CC(C)(CNC(=O)CNC(=O)c1ccc(Cl)cc1Cl)N1CCOCC1. The average molecular weight is 388 g/mol. The summed E-state index contributed by atoms with van der Waals surface area (Å²) in [5.74, 6) is -0.663. The van der Waals surface area contributed by atoms with Crippen LogP contribution in [0.2, 0.25) is 10.0 Å². The van der Waals surface area contributed by atoms with Gasteiger partial charge in [0.1, 0.15) is 0 Å². The third-order valence-electron chi connectivity index (χ3n) is 4.17. The third kappa shape index (κ3) is 5.85. The first-order chi connectivity index (χ1) is 11.8. The topological polar surface area (TPSA) is 70.7 Å². The van der Waals surface area contributed by atoms with Crippen LogP contribution in [-0.4, -0.2) is 61.6 Å². The van der Waals surface area contributed by atoms with Gasteiger partial charge in [-0.1, -0.05) is 23.2 Å². The minimum Gasteiger partial charge on any atom is -0.379 e. The highest BCUT2D eigenvalue weighted by Gasteiger charge is 2.28. The Bertz CT molecular complexity index is 632. The number of hydrogen-bond donors (Lipinski definition) is 2. The summed E-state index contributed by atoms with van der Waals surface area (Å²) in [5.41, 5.74) is 0.107. The molecule has 1 aliphatic rings. The molecule has 0 bridgehead atoms. The van der Waals surface area contributed by atoms with Gasteiger partial charge in [-0.2, -0.15) is 0 Å². The fraction of sp³-hybridized carbons (Fsp3) is 0.529. The van der Waals surface area contributed by atoms with Crippen LogP contribution >= 0.6 is 23.2 Å². The van der Waals surface area contributed by atoms with E-state index in [1.807, 2.05) is 0 Å². The number of morpholine rings is 1. The lowest BCUT2D eigenvalue weighted by Gasteiger charge is -2.40.